The molecule has 1 heterocycles. The van der Waals surface area contributed by atoms with Gasteiger partial charge in [0.05, 0.1) is 24.5 Å². The van der Waals surface area contributed by atoms with Gasteiger partial charge in [0.15, 0.2) is 0 Å². The Morgan fingerprint density at radius 2 is 2.25 bits per heavy atom. The minimum Gasteiger partial charge on any atom is -0.452 e. The summed E-state index contributed by atoms with van der Waals surface area (Å²) in [6.45, 7) is 2.11. The molecule has 0 spiro atoms. The maximum absolute atomic E-state index is 11.5. The van der Waals surface area contributed by atoms with Crippen molar-refractivity contribution in [3.05, 3.63) is 36.5 Å². The molecule has 5 nitrogen and oxygen atoms in total. The number of amides is 1. The minimum absolute atomic E-state index is 0.0878. The second-order valence-electron chi connectivity index (χ2n) is 4.86. The summed E-state index contributed by atoms with van der Waals surface area (Å²) in [7, 11) is 1.39. The van der Waals surface area contributed by atoms with Gasteiger partial charge in [-0.2, -0.15) is 0 Å². The number of methoxy groups -OCH3 is 1. The van der Waals surface area contributed by atoms with Gasteiger partial charge in [0, 0.05) is 12.2 Å². The van der Waals surface area contributed by atoms with Crippen molar-refractivity contribution in [2.24, 2.45) is 0 Å². The lowest BCUT2D eigenvalue weighted by Crippen LogP contribution is -2.44. The summed E-state index contributed by atoms with van der Waals surface area (Å²) in [5.41, 5.74) is 7.61. The van der Waals surface area contributed by atoms with Crippen molar-refractivity contribution < 1.29 is 9.53 Å². The van der Waals surface area contributed by atoms with Crippen LogP contribution in [0.5, 0.6) is 0 Å². The van der Waals surface area contributed by atoms with Crippen LogP contribution in [-0.2, 0) is 4.74 Å². The molecule has 0 fully saturated rings. The first-order chi connectivity index (χ1) is 9.65. The molecule has 1 amide bonds. The summed E-state index contributed by atoms with van der Waals surface area (Å²) >= 11 is 0. The predicted molar refractivity (Wildman–Crippen MR) is 80.3 cm³/mol. The number of hydrogen-bond donors (Lipinski definition) is 2. The Kier molecular flexibility index (Phi) is 4.50. The third-order valence-corrected chi connectivity index (χ3v) is 3.55. The van der Waals surface area contributed by atoms with Crippen molar-refractivity contribution >= 4 is 17.5 Å². The van der Waals surface area contributed by atoms with E-state index < -0.39 is 0 Å². The van der Waals surface area contributed by atoms with E-state index in [1.165, 1.54) is 7.11 Å². The van der Waals surface area contributed by atoms with Gasteiger partial charge < -0.3 is 15.8 Å². The zero-order valence-electron chi connectivity index (χ0n) is 11.9. The van der Waals surface area contributed by atoms with E-state index in [0.29, 0.717) is 0 Å². The molecule has 0 aromatic heterocycles. The Morgan fingerprint density at radius 1 is 1.50 bits per heavy atom. The molecule has 1 aliphatic rings. The van der Waals surface area contributed by atoms with E-state index in [4.69, 9.17) is 10.5 Å². The monoisotopic (exact) mass is 275 g/mol. The van der Waals surface area contributed by atoms with Gasteiger partial charge in [0.25, 0.3) is 0 Å². The number of para-hydroxylation sites is 2. The largest absolute Gasteiger partial charge is 0.452 e. The number of nitrogens with two attached hydrogens (primary N) is 1. The van der Waals surface area contributed by atoms with Crippen LogP contribution in [0.15, 0.2) is 36.5 Å². The average molecular weight is 275 g/mol. The van der Waals surface area contributed by atoms with Gasteiger partial charge in [-0.1, -0.05) is 19.1 Å². The third-order valence-electron chi connectivity index (χ3n) is 3.55. The zero-order chi connectivity index (χ0) is 14.5. The van der Waals surface area contributed by atoms with E-state index in [1.807, 2.05) is 30.3 Å². The lowest BCUT2D eigenvalue weighted by Gasteiger charge is -2.35. The highest BCUT2D eigenvalue weighted by atomic mass is 16.5. The predicted octanol–water partition coefficient (Wildman–Crippen LogP) is 2.81. The SMILES string of the molecule is CC[C@@H](CC1C=CN1C(=O)OC)Nc1ccccc1N. The van der Waals surface area contributed by atoms with Gasteiger partial charge in [0.2, 0.25) is 0 Å². The lowest BCUT2D eigenvalue weighted by atomic mass is 10.00. The van der Waals surface area contributed by atoms with Crippen LogP contribution in [0.3, 0.4) is 0 Å². The number of benzene rings is 1. The second-order valence-corrected chi connectivity index (χ2v) is 4.86. The highest BCUT2D eigenvalue weighted by Gasteiger charge is 2.29. The smallest absolute Gasteiger partial charge is 0.414 e. The summed E-state index contributed by atoms with van der Waals surface area (Å²) in [6.07, 6.45) is 5.23. The summed E-state index contributed by atoms with van der Waals surface area (Å²) in [5, 5.41) is 3.44. The Hall–Kier alpha value is -2.17. The van der Waals surface area contributed by atoms with Gasteiger partial charge in [-0.3, -0.25) is 4.90 Å². The molecule has 0 aliphatic carbocycles. The minimum atomic E-state index is -0.313. The van der Waals surface area contributed by atoms with Crippen LogP contribution in [0, 0.1) is 0 Å². The fourth-order valence-corrected chi connectivity index (χ4v) is 2.26. The van der Waals surface area contributed by atoms with Crippen molar-refractivity contribution in [2.75, 3.05) is 18.2 Å². The Bertz CT molecular complexity index is 502. The molecule has 1 aromatic rings. The number of carbonyl (C=O) groups is 1. The average Bonchev–Trinajstić information content (AvgIpc) is 2.43. The Morgan fingerprint density at radius 3 is 2.80 bits per heavy atom. The molecule has 0 saturated carbocycles. The van der Waals surface area contributed by atoms with Crippen LogP contribution in [0.1, 0.15) is 19.8 Å². The quantitative estimate of drug-likeness (QED) is 0.811. The molecule has 0 radical (unpaired) electrons. The first-order valence-corrected chi connectivity index (χ1v) is 6.81. The van der Waals surface area contributed by atoms with E-state index in [1.54, 1.807) is 11.1 Å². The van der Waals surface area contributed by atoms with Crippen molar-refractivity contribution in [1.82, 2.24) is 4.90 Å². The molecular weight excluding hydrogens is 254 g/mol. The molecule has 1 aromatic carbocycles. The Balaban J connectivity index is 1.95. The molecule has 1 unspecified atom stereocenters. The number of nitrogen functional groups attached to an aromatic ring is 1. The normalized spacial score (nSPS) is 18.3. The maximum Gasteiger partial charge on any atom is 0.414 e. The van der Waals surface area contributed by atoms with E-state index in [9.17, 15) is 4.79 Å². The number of rotatable bonds is 5. The van der Waals surface area contributed by atoms with E-state index >= 15 is 0 Å². The maximum atomic E-state index is 11.5. The first kappa shape index (κ1) is 14.2. The highest BCUT2D eigenvalue weighted by molar-refractivity contribution is 5.71. The van der Waals surface area contributed by atoms with Gasteiger partial charge in [-0.25, -0.2) is 4.79 Å². The molecular formula is C15H21N3O2. The molecule has 2 rings (SSSR count). The van der Waals surface area contributed by atoms with E-state index in [2.05, 4.69) is 12.2 Å². The summed E-state index contributed by atoms with van der Waals surface area (Å²) in [5.74, 6) is 0. The third kappa shape index (κ3) is 3.04. The highest BCUT2D eigenvalue weighted by Crippen LogP contribution is 2.24. The number of carbonyl (C=O) groups excluding carboxylic acids is 1. The fourth-order valence-electron chi connectivity index (χ4n) is 2.26. The Labute approximate surface area is 119 Å². The van der Waals surface area contributed by atoms with E-state index in [-0.39, 0.29) is 18.2 Å². The molecule has 108 valence electrons. The molecule has 1 aliphatic heterocycles. The van der Waals surface area contributed by atoms with Crippen LogP contribution >= 0.6 is 0 Å². The zero-order valence-corrected chi connectivity index (χ0v) is 11.9. The number of nitrogens with zero attached hydrogens (tertiary/aromatic N) is 1. The van der Waals surface area contributed by atoms with E-state index in [0.717, 1.165) is 24.2 Å². The van der Waals surface area contributed by atoms with Gasteiger partial charge in [0.1, 0.15) is 0 Å². The van der Waals surface area contributed by atoms with Gasteiger partial charge in [-0.05, 0) is 31.1 Å². The molecule has 2 atom stereocenters. The van der Waals surface area contributed by atoms with Crippen LogP contribution in [-0.4, -0.2) is 30.2 Å². The molecule has 3 N–H and O–H groups in total. The van der Waals surface area contributed by atoms with Crippen molar-refractivity contribution in [2.45, 2.75) is 31.8 Å². The van der Waals surface area contributed by atoms with Crippen molar-refractivity contribution in [3.8, 4) is 0 Å². The second kappa shape index (κ2) is 6.32. The van der Waals surface area contributed by atoms with Crippen molar-refractivity contribution in [3.63, 3.8) is 0 Å². The molecule has 20 heavy (non-hydrogen) atoms. The number of ether oxygens (including phenoxy) is 1. The van der Waals surface area contributed by atoms with Crippen LogP contribution in [0.25, 0.3) is 0 Å². The fraction of sp³-hybridized carbons (Fsp3) is 0.400. The standard InChI is InChI=1S/C15H21N3O2/c1-3-11(17-14-7-5-4-6-13(14)16)10-12-8-9-18(12)15(19)20-2/h4-9,11-12,17H,3,10,16H2,1-2H3/t11-,12?/m0/s1. The molecule has 5 heteroatoms. The first-order valence-electron chi connectivity index (χ1n) is 6.81. The summed E-state index contributed by atoms with van der Waals surface area (Å²) < 4.78 is 4.73. The van der Waals surface area contributed by atoms with Gasteiger partial charge in [-0.15, -0.1) is 0 Å². The van der Waals surface area contributed by atoms with Crippen LogP contribution in [0.2, 0.25) is 0 Å². The summed E-state index contributed by atoms with van der Waals surface area (Å²) in [4.78, 5) is 13.1. The summed E-state index contributed by atoms with van der Waals surface area (Å²) in [6, 6.07) is 8.04. The van der Waals surface area contributed by atoms with Crippen molar-refractivity contribution in [1.29, 1.82) is 0 Å². The van der Waals surface area contributed by atoms with Crippen LogP contribution in [0.4, 0.5) is 16.2 Å². The lowest BCUT2D eigenvalue weighted by molar-refractivity contribution is 0.122. The molecule has 0 bridgehead atoms. The number of anilines is 2. The molecule has 0 saturated heterocycles. The topological polar surface area (TPSA) is 67.6 Å². The number of hydrogen-bond acceptors (Lipinski definition) is 4. The van der Waals surface area contributed by atoms with Crippen LogP contribution < -0.4 is 11.1 Å². The number of nitrogens with one attached hydrogen (secondary N) is 1. The van der Waals surface area contributed by atoms with Gasteiger partial charge >= 0.3 is 6.09 Å².